The predicted octanol–water partition coefficient (Wildman–Crippen LogP) is 4.86. The van der Waals surface area contributed by atoms with Gasteiger partial charge in [0.25, 0.3) is 15.9 Å². The number of sulfonamides is 1. The van der Waals surface area contributed by atoms with Crippen LogP contribution in [0.4, 0.5) is 11.4 Å². The van der Waals surface area contributed by atoms with Crippen LogP contribution in [0.15, 0.2) is 90.1 Å². The fourth-order valence-corrected chi connectivity index (χ4v) is 4.61. The van der Waals surface area contributed by atoms with Gasteiger partial charge in [-0.05, 0) is 30.3 Å². The first kappa shape index (κ1) is 23.2. The first-order valence-electron chi connectivity index (χ1n) is 10.0. The second-order valence-electron chi connectivity index (χ2n) is 7.07. The summed E-state index contributed by atoms with van der Waals surface area (Å²) in [6.07, 6.45) is 2.82. The van der Waals surface area contributed by atoms with Crippen molar-refractivity contribution in [3.63, 3.8) is 0 Å². The summed E-state index contributed by atoms with van der Waals surface area (Å²) in [4.78, 5) is 21.0. The fraction of sp³-hybridized carbons (Fsp3) is 0.0417. The normalized spacial score (nSPS) is 11.0. The van der Waals surface area contributed by atoms with Crippen molar-refractivity contribution in [1.82, 2.24) is 9.97 Å². The van der Waals surface area contributed by atoms with Gasteiger partial charge >= 0.3 is 0 Å². The molecule has 0 saturated heterocycles. The van der Waals surface area contributed by atoms with Gasteiger partial charge in [-0.3, -0.25) is 9.52 Å². The third-order valence-corrected chi connectivity index (χ3v) is 6.49. The summed E-state index contributed by atoms with van der Waals surface area (Å²) in [5.74, 6) is 0.0981. The Labute approximate surface area is 201 Å². The van der Waals surface area contributed by atoms with Gasteiger partial charge in [0.1, 0.15) is 10.6 Å². The number of hydrogen-bond donors (Lipinski definition) is 2. The molecule has 34 heavy (non-hydrogen) atoms. The molecule has 10 heteroatoms. The Hall–Kier alpha value is -3.95. The Morgan fingerprint density at radius 2 is 1.62 bits per heavy atom. The average molecular weight is 495 g/mol. The van der Waals surface area contributed by atoms with Crippen LogP contribution >= 0.6 is 11.6 Å². The summed E-state index contributed by atoms with van der Waals surface area (Å²) in [6, 6.07) is 20.1. The molecule has 0 radical (unpaired) electrons. The topological polar surface area (TPSA) is 110 Å². The third-order valence-electron chi connectivity index (χ3n) is 4.78. The molecule has 172 valence electrons. The Bertz CT molecular complexity index is 1430. The summed E-state index contributed by atoms with van der Waals surface area (Å²) in [6.45, 7) is 0. The van der Waals surface area contributed by atoms with Gasteiger partial charge in [-0.2, -0.15) is 0 Å². The number of methoxy groups -OCH3 is 1. The molecule has 1 heterocycles. The van der Waals surface area contributed by atoms with Gasteiger partial charge in [0.2, 0.25) is 0 Å². The number of benzene rings is 3. The Morgan fingerprint density at radius 1 is 0.941 bits per heavy atom. The van der Waals surface area contributed by atoms with E-state index in [0.717, 1.165) is 5.56 Å². The zero-order valence-electron chi connectivity index (χ0n) is 17.9. The highest BCUT2D eigenvalue weighted by Crippen LogP contribution is 2.31. The van der Waals surface area contributed by atoms with Crippen LogP contribution in [0.3, 0.4) is 0 Å². The largest absolute Gasteiger partial charge is 0.495 e. The van der Waals surface area contributed by atoms with Crippen LogP contribution in [-0.4, -0.2) is 31.4 Å². The summed E-state index contributed by atoms with van der Waals surface area (Å²) in [5.41, 5.74) is 1.51. The van der Waals surface area contributed by atoms with Crippen molar-refractivity contribution >= 4 is 38.9 Å². The molecule has 0 aliphatic heterocycles. The minimum Gasteiger partial charge on any atom is -0.495 e. The number of halogens is 1. The van der Waals surface area contributed by atoms with E-state index in [4.69, 9.17) is 16.3 Å². The van der Waals surface area contributed by atoms with Crippen LogP contribution in [0.25, 0.3) is 11.4 Å². The highest BCUT2D eigenvalue weighted by atomic mass is 35.5. The van der Waals surface area contributed by atoms with E-state index in [2.05, 4.69) is 20.0 Å². The van der Waals surface area contributed by atoms with Crippen LogP contribution in [0.2, 0.25) is 5.02 Å². The smallest absolute Gasteiger partial charge is 0.265 e. The molecule has 4 rings (SSSR count). The van der Waals surface area contributed by atoms with E-state index in [1.54, 1.807) is 18.2 Å². The molecule has 1 amide bonds. The molecule has 1 aromatic heterocycles. The third kappa shape index (κ3) is 5.16. The molecule has 0 unspecified atom stereocenters. The second-order valence-corrected chi connectivity index (χ2v) is 9.12. The van der Waals surface area contributed by atoms with Crippen LogP contribution in [-0.2, 0) is 10.0 Å². The quantitative estimate of drug-likeness (QED) is 0.379. The summed E-state index contributed by atoms with van der Waals surface area (Å²) in [7, 11) is -2.72. The first-order chi connectivity index (χ1) is 16.4. The van der Waals surface area contributed by atoms with E-state index in [0.29, 0.717) is 5.82 Å². The lowest BCUT2D eigenvalue weighted by molar-refractivity contribution is 0.102. The maximum Gasteiger partial charge on any atom is 0.265 e. The van der Waals surface area contributed by atoms with Crippen molar-refractivity contribution in [1.29, 1.82) is 0 Å². The minimum absolute atomic E-state index is 0.105. The van der Waals surface area contributed by atoms with Crippen molar-refractivity contribution in [3.05, 3.63) is 95.8 Å². The van der Waals surface area contributed by atoms with Gasteiger partial charge in [0.15, 0.2) is 5.82 Å². The van der Waals surface area contributed by atoms with Crippen molar-refractivity contribution in [2.75, 3.05) is 17.1 Å². The van der Waals surface area contributed by atoms with Crippen molar-refractivity contribution in [2.24, 2.45) is 0 Å². The van der Waals surface area contributed by atoms with E-state index in [1.807, 2.05) is 30.3 Å². The lowest BCUT2D eigenvalue weighted by Crippen LogP contribution is -2.16. The first-order valence-corrected chi connectivity index (χ1v) is 11.9. The van der Waals surface area contributed by atoms with Crippen LogP contribution in [0.5, 0.6) is 5.75 Å². The number of carbonyl (C=O) groups excluding carboxylic acids is 1. The highest BCUT2D eigenvalue weighted by Gasteiger charge is 2.22. The van der Waals surface area contributed by atoms with E-state index in [9.17, 15) is 13.2 Å². The average Bonchev–Trinajstić information content (AvgIpc) is 2.86. The van der Waals surface area contributed by atoms with Crippen LogP contribution in [0.1, 0.15) is 10.4 Å². The zero-order valence-corrected chi connectivity index (χ0v) is 19.5. The van der Waals surface area contributed by atoms with E-state index in [1.165, 1.54) is 43.8 Å². The number of hydrogen-bond acceptors (Lipinski definition) is 6. The molecule has 8 nitrogen and oxygen atoms in total. The Balaban J connectivity index is 1.57. The van der Waals surface area contributed by atoms with Crippen LogP contribution < -0.4 is 14.8 Å². The second kappa shape index (κ2) is 9.90. The molecular formula is C24H19ClN4O4S. The molecule has 4 aromatic rings. The van der Waals surface area contributed by atoms with Gasteiger partial charge in [-0.25, -0.2) is 18.4 Å². The van der Waals surface area contributed by atoms with Gasteiger partial charge < -0.3 is 10.1 Å². The van der Waals surface area contributed by atoms with Crippen molar-refractivity contribution in [3.8, 4) is 17.1 Å². The maximum atomic E-state index is 13.0. The van der Waals surface area contributed by atoms with Gasteiger partial charge in [0.05, 0.1) is 23.4 Å². The number of carbonyl (C=O) groups is 1. The Morgan fingerprint density at radius 3 is 2.29 bits per heavy atom. The number of rotatable bonds is 7. The lowest BCUT2D eigenvalue weighted by Gasteiger charge is -2.14. The van der Waals surface area contributed by atoms with E-state index in [-0.39, 0.29) is 32.6 Å². The number of nitrogens with zero attached hydrogens (tertiary/aromatic N) is 2. The number of amides is 1. The monoisotopic (exact) mass is 494 g/mol. The van der Waals surface area contributed by atoms with Gasteiger partial charge in [-0.1, -0.05) is 54.1 Å². The van der Waals surface area contributed by atoms with Crippen molar-refractivity contribution in [2.45, 2.75) is 4.90 Å². The number of anilines is 2. The molecule has 3 aromatic carbocycles. The van der Waals surface area contributed by atoms with Crippen molar-refractivity contribution < 1.29 is 17.9 Å². The molecule has 0 fully saturated rings. The summed E-state index contributed by atoms with van der Waals surface area (Å²) in [5, 5.41) is 2.91. The minimum atomic E-state index is -4.07. The predicted molar refractivity (Wildman–Crippen MR) is 131 cm³/mol. The molecule has 2 N–H and O–H groups in total. The molecule has 0 spiro atoms. The standard InChI is InChI=1S/C24H19ClN4O4S/c1-33-21-12-11-18(13-22(21)34(31,32)29-20-10-6-5-9-19(20)25)28-24(30)17-14-26-23(27-15-17)16-7-3-2-4-8-16/h2-15,29H,1H3,(H,28,30). The lowest BCUT2D eigenvalue weighted by atomic mass is 10.2. The van der Waals surface area contributed by atoms with Gasteiger partial charge in [0, 0.05) is 23.6 Å². The number of para-hydroxylation sites is 1. The summed E-state index contributed by atoms with van der Waals surface area (Å²) < 4.78 is 33.7. The van der Waals surface area contributed by atoms with Gasteiger partial charge in [-0.15, -0.1) is 0 Å². The molecular weight excluding hydrogens is 476 g/mol. The fourth-order valence-electron chi connectivity index (χ4n) is 3.09. The number of nitrogens with one attached hydrogen (secondary N) is 2. The molecule has 0 bridgehead atoms. The van der Waals surface area contributed by atoms with Crippen LogP contribution in [0, 0.1) is 0 Å². The number of ether oxygens (including phenoxy) is 1. The summed E-state index contributed by atoms with van der Waals surface area (Å²) >= 11 is 6.08. The van der Waals surface area contributed by atoms with E-state index >= 15 is 0 Å². The molecule has 0 saturated carbocycles. The zero-order chi connectivity index (χ0) is 24.1. The maximum absolute atomic E-state index is 13.0. The molecule has 0 atom stereocenters. The SMILES string of the molecule is COc1ccc(NC(=O)c2cnc(-c3ccccc3)nc2)cc1S(=O)(=O)Nc1ccccc1Cl. The highest BCUT2D eigenvalue weighted by molar-refractivity contribution is 7.92. The Kier molecular flexibility index (Phi) is 6.76. The molecule has 0 aliphatic carbocycles. The van der Waals surface area contributed by atoms with E-state index < -0.39 is 15.9 Å². The number of aromatic nitrogens is 2. The molecule has 0 aliphatic rings.